The topological polar surface area (TPSA) is 74.6 Å². The van der Waals surface area contributed by atoms with Gasteiger partial charge >= 0.3 is 66.2 Å². The van der Waals surface area contributed by atoms with E-state index in [1.165, 1.54) is 24.3 Å². The number of carbonyl (C=O) groups is 2. The molecule has 0 saturated heterocycles. The van der Waals surface area contributed by atoms with Gasteiger partial charge in [0.15, 0.2) is 0 Å². The van der Waals surface area contributed by atoms with Gasteiger partial charge in [-0.25, -0.2) is 9.59 Å². The minimum Gasteiger partial charge on any atom is -0.478 e. The fourth-order valence-corrected chi connectivity index (χ4v) is 0.856. The van der Waals surface area contributed by atoms with Crippen molar-refractivity contribution in [3.05, 3.63) is 35.4 Å². The summed E-state index contributed by atoms with van der Waals surface area (Å²) < 4.78 is 0. The summed E-state index contributed by atoms with van der Waals surface area (Å²) in [5.41, 5.74) is -0.380. The molecule has 0 aromatic heterocycles. The quantitative estimate of drug-likeness (QED) is 0.568. The van der Waals surface area contributed by atoms with E-state index >= 15 is 0 Å². The molecule has 13 heavy (non-hydrogen) atoms. The average molecular weight is 207 g/mol. The number of rotatable bonds is 2. The van der Waals surface area contributed by atoms with E-state index in [0.717, 1.165) is 0 Å². The van der Waals surface area contributed by atoms with Gasteiger partial charge in [-0.15, -0.1) is 0 Å². The van der Waals surface area contributed by atoms with Gasteiger partial charge in [0.2, 0.25) is 0 Å². The van der Waals surface area contributed by atoms with E-state index in [4.69, 9.17) is 10.2 Å². The van der Waals surface area contributed by atoms with E-state index in [9.17, 15) is 9.59 Å². The molecule has 1 aromatic rings. The van der Waals surface area contributed by atoms with Gasteiger partial charge < -0.3 is 10.2 Å². The minimum absolute atomic E-state index is 0. The summed E-state index contributed by atoms with van der Waals surface area (Å²) in [7, 11) is 0. The third kappa shape index (κ3) is 3.20. The van der Waals surface area contributed by atoms with Crippen molar-refractivity contribution in [1.29, 1.82) is 0 Å². The Morgan fingerprint density at radius 2 is 1.31 bits per heavy atom. The number of carboxylic acid groups (broad SMARTS) is 2. The molecule has 0 saturated carbocycles. The van der Waals surface area contributed by atoms with Crippen LogP contribution in [0.3, 0.4) is 0 Å². The van der Waals surface area contributed by atoms with Crippen LogP contribution in [0.2, 0.25) is 0 Å². The summed E-state index contributed by atoms with van der Waals surface area (Å²) in [4.78, 5) is 20.9. The second-order valence-electron chi connectivity index (χ2n) is 2.16. The molecule has 2 N–H and O–H groups in total. The van der Waals surface area contributed by atoms with Crippen molar-refractivity contribution in [3.8, 4) is 0 Å². The van der Waals surface area contributed by atoms with Crippen molar-refractivity contribution in [2.45, 2.75) is 0 Å². The Hall–Kier alpha value is -0.204. The fourth-order valence-electron chi connectivity index (χ4n) is 0.856. The van der Waals surface area contributed by atoms with Gasteiger partial charge in [0.05, 0.1) is 11.1 Å². The molecule has 0 spiro atoms. The molecule has 4 nitrogen and oxygen atoms in total. The normalized spacial score (nSPS) is 8.62. The first-order chi connectivity index (χ1) is 5.63. The van der Waals surface area contributed by atoms with Crippen LogP contribution in [0.5, 0.6) is 0 Å². The largest absolute Gasteiger partial charge is 1.00 e. The third-order valence-corrected chi connectivity index (χ3v) is 1.39. The maximum absolute atomic E-state index is 10.5. The van der Waals surface area contributed by atoms with Crippen LogP contribution in [0.25, 0.3) is 0 Å². The van der Waals surface area contributed by atoms with Crippen LogP contribution in [0.1, 0.15) is 23.6 Å². The Balaban J connectivity index is -0.000000480. The van der Waals surface area contributed by atoms with E-state index in [-0.39, 0.29) is 65.4 Å². The molecule has 0 radical (unpaired) electrons. The van der Waals surface area contributed by atoms with Gasteiger partial charge in [-0.2, -0.15) is 0 Å². The first-order valence-corrected chi connectivity index (χ1v) is 3.18. The standard InChI is InChI=1S/C8H6O4.K/c9-7(10)5-3-1-2-4-6(5)8(11)12;/h1-4H,(H,9,10)(H,11,12);/q;+1/p+2. The Morgan fingerprint density at radius 3 is 1.54 bits per heavy atom. The summed E-state index contributed by atoms with van der Waals surface area (Å²) in [5.74, 6) is -2.46. The number of benzene rings is 1. The molecule has 1 rings (SSSR count). The second-order valence-corrected chi connectivity index (χ2v) is 2.16. The van der Waals surface area contributed by atoms with Gasteiger partial charge in [0.1, 0.15) is 0 Å². The van der Waals surface area contributed by atoms with E-state index < -0.39 is 11.9 Å². The predicted octanol–water partition coefficient (Wildman–Crippen LogP) is -1.69. The third-order valence-electron chi connectivity index (χ3n) is 1.39. The summed E-state index contributed by atoms with van der Waals surface area (Å²) in [6.07, 6.45) is 0. The van der Waals surface area contributed by atoms with Crippen LogP contribution in [0.15, 0.2) is 24.3 Å². The molecule has 0 unspecified atom stereocenters. The average Bonchev–Trinajstić information content (AvgIpc) is 2.04. The summed E-state index contributed by atoms with van der Waals surface area (Å²) in [5, 5.41) is 17.1. The van der Waals surface area contributed by atoms with Crippen LogP contribution in [-0.2, 0) is 0 Å². The number of carboxylic acids is 2. The van der Waals surface area contributed by atoms with E-state index in [2.05, 4.69) is 0 Å². The van der Waals surface area contributed by atoms with E-state index in [1.54, 1.807) is 0 Å². The monoisotopic (exact) mass is 207 g/mol. The van der Waals surface area contributed by atoms with Gasteiger partial charge in [-0.1, -0.05) is 12.1 Å². The molecule has 1 aromatic carbocycles. The van der Waals surface area contributed by atoms with Crippen LogP contribution in [-0.4, -0.2) is 22.2 Å². The fraction of sp³-hybridized carbons (Fsp3) is 0. The molecule has 0 heterocycles. The van der Waals surface area contributed by atoms with E-state index in [1.807, 2.05) is 0 Å². The Labute approximate surface area is 120 Å². The van der Waals surface area contributed by atoms with Crippen LogP contribution >= 0.6 is 0 Å². The molecule has 0 fully saturated rings. The van der Waals surface area contributed by atoms with Crippen LogP contribution < -0.4 is 51.4 Å². The molecule has 0 atom stereocenters. The molecule has 0 aliphatic carbocycles. The van der Waals surface area contributed by atoms with E-state index in [0.29, 0.717) is 0 Å². The predicted molar refractivity (Wildman–Crippen MR) is 42.6 cm³/mol. The maximum atomic E-state index is 10.5. The maximum Gasteiger partial charge on any atom is 1.00 e. The number of hydrogen-bond acceptors (Lipinski definition) is 2. The van der Waals surface area contributed by atoms with Crippen LogP contribution in [0.4, 0.5) is 0 Å². The number of aromatic carboxylic acids is 2. The van der Waals surface area contributed by atoms with Crippen molar-refractivity contribution in [3.63, 3.8) is 0 Å². The van der Waals surface area contributed by atoms with Crippen molar-refractivity contribution in [2.75, 3.05) is 0 Å². The molecular formula is C8H8KO4+3. The van der Waals surface area contributed by atoms with Gasteiger partial charge in [0, 0.05) is 0 Å². The zero-order valence-electron chi connectivity index (χ0n) is 9.02. The van der Waals surface area contributed by atoms with Crippen molar-refractivity contribution in [2.24, 2.45) is 0 Å². The molecule has 5 heteroatoms. The molecule has 0 bridgehead atoms. The summed E-state index contributed by atoms with van der Waals surface area (Å²) in [6.45, 7) is 0. The first-order valence-electron chi connectivity index (χ1n) is 3.18. The van der Waals surface area contributed by atoms with Crippen molar-refractivity contribution >= 4 is 11.9 Å². The van der Waals surface area contributed by atoms with Gasteiger partial charge in [0.25, 0.3) is 0 Å². The van der Waals surface area contributed by atoms with Crippen molar-refractivity contribution < 1.29 is 74.0 Å². The zero-order valence-corrected chi connectivity index (χ0v) is 10.1. The molecule has 0 amide bonds. The SMILES string of the molecule is O=C(O)c1ccccc1C(=O)O.[H+].[H+].[K+]. The molecular weight excluding hydrogens is 199 g/mol. The second kappa shape index (κ2) is 5.51. The molecule has 62 valence electrons. The smallest absolute Gasteiger partial charge is 0.478 e. The zero-order chi connectivity index (χ0) is 9.14. The first kappa shape index (κ1) is 12.8. The van der Waals surface area contributed by atoms with Crippen molar-refractivity contribution in [1.82, 2.24) is 0 Å². The minimum atomic E-state index is -1.23. The summed E-state index contributed by atoms with van der Waals surface area (Å²) in [6, 6.07) is 5.48. The van der Waals surface area contributed by atoms with Gasteiger partial charge in [-0.3, -0.25) is 0 Å². The Morgan fingerprint density at radius 1 is 1.00 bits per heavy atom. The van der Waals surface area contributed by atoms with Crippen LogP contribution in [0, 0.1) is 0 Å². The molecule has 0 aliphatic heterocycles. The Kier molecular flexibility index (Phi) is 5.42. The van der Waals surface area contributed by atoms with Gasteiger partial charge in [-0.05, 0) is 12.1 Å². The number of hydrogen-bond donors (Lipinski definition) is 2. The molecule has 0 aliphatic rings. The summed E-state index contributed by atoms with van der Waals surface area (Å²) >= 11 is 0. The Bertz CT molecular complexity index is 310.